The molecule has 2 amide bonds. The Morgan fingerprint density at radius 2 is 2.22 bits per heavy atom. The highest BCUT2D eigenvalue weighted by Gasteiger charge is 2.24. The van der Waals surface area contributed by atoms with Crippen molar-refractivity contribution in [3.05, 3.63) is 22.4 Å². The number of aliphatic carboxylic acids is 1. The van der Waals surface area contributed by atoms with Gasteiger partial charge in [-0.1, -0.05) is 26.3 Å². The number of thiophene rings is 1. The Balaban J connectivity index is 2.44. The molecule has 0 saturated heterocycles. The highest BCUT2D eigenvalue weighted by Crippen LogP contribution is 2.09. The second-order valence-corrected chi connectivity index (χ2v) is 5.14. The Morgan fingerprint density at radius 3 is 2.72 bits per heavy atom. The molecule has 1 heterocycles. The standard InChI is InChI=1S/C12H18N2O3S/c1-3-8(2)10(11(15)16)14-12(17)13-7-9-5-4-6-18-9/h4-6,8,10H,3,7H2,1-2H3,(H,15,16)(H2,13,14,17)/t8-,10+/m1/s1. The van der Waals surface area contributed by atoms with Gasteiger partial charge in [-0.25, -0.2) is 9.59 Å². The minimum atomic E-state index is -1.00. The van der Waals surface area contributed by atoms with Gasteiger partial charge in [0.2, 0.25) is 0 Å². The number of rotatable bonds is 6. The van der Waals surface area contributed by atoms with Gasteiger partial charge in [0.15, 0.2) is 0 Å². The SMILES string of the molecule is CC[C@@H](C)[C@H](NC(=O)NCc1cccs1)C(=O)O. The molecule has 18 heavy (non-hydrogen) atoms. The van der Waals surface area contributed by atoms with Crippen LogP contribution in [-0.2, 0) is 11.3 Å². The average Bonchev–Trinajstić information content (AvgIpc) is 2.85. The van der Waals surface area contributed by atoms with Crippen LogP contribution in [0.5, 0.6) is 0 Å². The quantitative estimate of drug-likeness (QED) is 0.740. The van der Waals surface area contributed by atoms with Crippen molar-refractivity contribution in [2.45, 2.75) is 32.9 Å². The van der Waals surface area contributed by atoms with Crippen LogP contribution in [0.2, 0.25) is 0 Å². The molecule has 2 atom stereocenters. The first-order chi connectivity index (χ1) is 8.54. The topological polar surface area (TPSA) is 78.4 Å². The molecule has 0 aliphatic heterocycles. The van der Waals surface area contributed by atoms with Crippen molar-refractivity contribution in [2.24, 2.45) is 5.92 Å². The van der Waals surface area contributed by atoms with Crippen molar-refractivity contribution in [3.8, 4) is 0 Å². The van der Waals surface area contributed by atoms with Crippen LogP contribution in [0.15, 0.2) is 17.5 Å². The van der Waals surface area contributed by atoms with E-state index in [0.717, 1.165) is 4.88 Å². The Labute approximate surface area is 110 Å². The highest BCUT2D eigenvalue weighted by molar-refractivity contribution is 7.09. The number of carbonyl (C=O) groups is 2. The van der Waals surface area contributed by atoms with Crippen molar-refractivity contribution in [1.82, 2.24) is 10.6 Å². The van der Waals surface area contributed by atoms with Crippen LogP contribution in [0.3, 0.4) is 0 Å². The normalized spacial score (nSPS) is 13.7. The van der Waals surface area contributed by atoms with Gasteiger partial charge in [0, 0.05) is 4.88 Å². The molecule has 1 aromatic heterocycles. The molecular weight excluding hydrogens is 252 g/mol. The van der Waals surface area contributed by atoms with E-state index in [4.69, 9.17) is 5.11 Å². The molecule has 3 N–H and O–H groups in total. The van der Waals surface area contributed by atoms with Crippen LogP contribution in [0.4, 0.5) is 4.79 Å². The van der Waals surface area contributed by atoms with Gasteiger partial charge in [-0.05, 0) is 17.4 Å². The summed E-state index contributed by atoms with van der Waals surface area (Å²) in [6.07, 6.45) is 0.697. The largest absolute Gasteiger partial charge is 0.480 e. The number of urea groups is 1. The fourth-order valence-electron chi connectivity index (χ4n) is 1.46. The van der Waals surface area contributed by atoms with Gasteiger partial charge >= 0.3 is 12.0 Å². The van der Waals surface area contributed by atoms with Gasteiger partial charge in [-0.2, -0.15) is 0 Å². The van der Waals surface area contributed by atoms with E-state index >= 15 is 0 Å². The van der Waals surface area contributed by atoms with E-state index in [1.807, 2.05) is 24.4 Å². The van der Waals surface area contributed by atoms with E-state index in [-0.39, 0.29) is 5.92 Å². The monoisotopic (exact) mass is 270 g/mol. The summed E-state index contributed by atoms with van der Waals surface area (Å²) < 4.78 is 0. The van der Waals surface area contributed by atoms with Crippen molar-refractivity contribution in [3.63, 3.8) is 0 Å². The van der Waals surface area contributed by atoms with Gasteiger partial charge < -0.3 is 15.7 Å². The fraction of sp³-hybridized carbons (Fsp3) is 0.500. The summed E-state index contributed by atoms with van der Waals surface area (Å²) in [7, 11) is 0. The predicted octanol–water partition coefficient (Wildman–Crippen LogP) is 2.05. The Bertz CT molecular complexity index is 392. The number of hydrogen-bond donors (Lipinski definition) is 3. The molecule has 0 saturated carbocycles. The van der Waals surface area contributed by atoms with Gasteiger partial charge in [-0.3, -0.25) is 0 Å². The fourth-order valence-corrected chi connectivity index (χ4v) is 2.10. The first kappa shape index (κ1) is 14.5. The maximum absolute atomic E-state index is 11.6. The predicted molar refractivity (Wildman–Crippen MR) is 70.6 cm³/mol. The van der Waals surface area contributed by atoms with Gasteiger partial charge in [-0.15, -0.1) is 11.3 Å². The number of amides is 2. The third kappa shape index (κ3) is 4.37. The van der Waals surface area contributed by atoms with Gasteiger partial charge in [0.1, 0.15) is 6.04 Å². The lowest BCUT2D eigenvalue weighted by atomic mass is 9.99. The molecule has 0 spiro atoms. The molecule has 0 aromatic carbocycles. The summed E-state index contributed by atoms with van der Waals surface area (Å²) in [5, 5.41) is 16.1. The van der Waals surface area contributed by atoms with E-state index < -0.39 is 18.0 Å². The van der Waals surface area contributed by atoms with E-state index in [0.29, 0.717) is 13.0 Å². The van der Waals surface area contributed by atoms with Crippen LogP contribution < -0.4 is 10.6 Å². The molecule has 1 aromatic rings. The van der Waals surface area contributed by atoms with Crippen LogP contribution >= 0.6 is 11.3 Å². The lowest BCUT2D eigenvalue weighted by molar-refractivity contribution is -0.140. The molecule has 6 heteroatoms. The first-order valence-corrected chi connectivity index (χ1v) is 6.72. The van der Waals surface area contributed by atoms with Crippen LogP contribution in [0.25, 0.3) is 0 Å². The second-order valence-electron chi connectivity index (χ2n) is 4.11. The summed E-state index contributed by atoms with van der Waals surface area (Å²) in [6, 6.07) is 2.52. The van der Waals surface area contributed by atoms with Crippen molar-refractivity contribution < 1.29 is 14.7 Å². The van der Waals surface area contributed by atoms with Gasteiger partial charge in [0.25, 0.3) is 0 Å². The first-order valence-electron chi connectivity index (χ1n) is 5.84. The van der Waals surface area contributed by atoms with E-state index in [2.05, 4.69) is 10.6 Å². The lowest BCUT2D eigenvalue weighted by Crippen LogP contribution is -2.48. The van der Waals surface area contributed by atoms with Crippen LogP contribution in [0.1, 0.15) is 25.1 Å². The smallest absolute Gasteiger partial charge is 0.326 e. The molecule has 0 aliphatic rings. The Kier molecular flexibility index (Phi) is 5.64. The third-order valence-corrected chi connectivity index (χ3v) is 3.65. The minimum absolute atomic E-state index is 0.102. The lowest BCUT2D eigenvalue weighted by Gasteiger charge is -2.20. The molecule has 100 valence electrons. The molecule has 0 unspecified atom stereocenters. The van der Waals surface area contributed by atoms with Crippen LogP contribution in [-0.4, -0.2) is 23.1 Å². The summed E-state index contributed by atoms with van der Waals surface area (Å²) >= 11 is 1.54. The molecular formula is C12H18N2O3S. The summed E-state index contributed by atoms with van der Waals surface area (Å²) in [5.74, 6) is -1.11. The number of nitrogens with one attached hydrogen (secondary N) is 2. The van der Waals surface area contributed by atoms with Crippen molar-refractivity contribution >= 4 is 23.3 Å². The summed E-state index contributed by atoms with van der Waals surface area (Å²) in [5.41, 5.74) is 0. The number of carbonyl (C=O) groups excluding carboxylic acids is 1. The molecule has 1 rings (SSSR count). The number of carboxylic acid groups (broad SMARTS) is 1. The van der Waals surface area contributed by atoms with Crippen LogP contribution in [0, 0.1) is 5.92 Å². The Morgan fingerprint density at radius 1 is 1.50 bits per heavy atom. The Hall–Kier alpha value is -1.56. The number of hydrogen-bond acceptors (Lipinski definition) is 3. The molecule has 5 nitrogen and oxygen atoms in total. The molecule has 0 radical (unpaired) electrons. The molecule has 0 bridgehead atoms. The maximum Gasteiger partial charge on any atom is 0.326 e. The zero-order chi connectivity index (χ0) is 13.5. The zero-order valence-electron chi connectivity index (χ0n) is 10.5. The maximum atomic E-state index is 11.6. The highest BCUT2D eigenvalue weighted by atomic mass is 32.1. The van der Waals surface area contributed by atoms with E-state index in [9.17, 15) is 9.59 Å². The number of carboxylic acids is 1. The van der Waals surface area contributed by atoms with Gasteiger partial charge in [0.05, 0.1) is 6.54 Å². The minimum Gasteiger partial charge on any atom is -0.480 e. The zero-order valence-corrected chi connectivity index (χ0v) is 11.3. The van der Waals surface area contributed by atoms with Crippen molar-refractivity contribution in [2.75, 3.05) is 0 Å². The van der Waals surface area contributed by atoms with E-state index in [1.54, 1.807) is 18.3 Å². The summed E-state index contributed by atoms with van der Waals surface area (Å²) in [4.78, 5) is 23.6. The van der Waals surface area contributed by atoms with E-state index in [1.165, 1.54) is 0 Å². The average molecular weight is 270 g/mol. The summed E-state index contributed by atoms with van der Waals surface area (Å²) in [6.45, 7) is 4.11. The second kappa shape index (κ2) is 7.00. The molecule has 0 fully saturated rings. The third-order valence-electron chi connectivity index (χ3n) is 2.77. The van der Waals surface area contributed by atoms with Crippen molar-refractivity contribution in [1.29, 1.82) is 0 Å². The molecule has 0 aliphatic carbocycles.